The van der Waals surface area contributed by atoms with Crippen molar-refractivity contribution < 1.29 is 22.7 Å². The van der Waals surface area contributed by atoms with Crippen molar-refractivity contribution in [1.29, 1.82) is 0 Å². The normalized spacial score (nSPS) is 11.1. The number of ether oxygens (including phenoxy) is 2. The Kier molecular flexibility index (Phi) is 6.81. The molecule has 0 aliphatic heterocycles. The molecule has 27 heavy (non-hydrogen) atoms. The van der Waals surface area contributed by atoms with Crippen LogP contribution >= 0.6 is 0 Å². The van der Waals surface area contributed by atoms with Crippen LogP contribution in [-0.2, 0) is 14.8 Å². The molecule has 0 heterocycles. The summed E-state index contributed by atoms with van der Waals surface area (Å²) < 4.78 is 38.1. The SMILES string of the molecule is COc1cccc(N(CCNS(=O)(=O)c2cc(C)ccc2OC)C(C)=O)c1. The number of nitrogens with zero attached hydrogens (tertiary/aromatic N) is 1. The molecule has 146 valence electrons. The number of amides is 1. The Labute approximate surface area is 160 Å². The fourth-order valence-electron chi connectivity index (χ4n) is 2.61. The topological polar surface area (TPSA) is 84.9 Å². The smallest absolute Gasteiger partial charge is 0.244 e. The van der Waals surface area contributed by atoms with E-state index in [1.165, 1.54) is 18.9 Å². The van der Waals surface area contributed by atoms with Gasteiger partial charge < -0.3 is 14.4 Å². The second-order valence-electron chi connectivity index (χ2n) is 5.92. The van der Waals surface area contributed by atoms with Crippen LogP contribution < -0.4 is 19.1 Å². The first kappa shape index (κ1) is 20.7. The van der Waals surface area contributed by atoms with Crippen LogP contribution in [0.2, 0.25) is 0 Å². The predicted octanol–water partition coefficient (Wildman–Crippen LogP) is 2.34. The molecule has 1 amide bonds. The molecule has 0 fully saturated rings. The van der Waals surface area contributed by atoms with Gasteiger partial charge in [-0.1, -0.05) is 12.1 Å². The molecule has 0 aliphatic carbocycles. The third-order valence-corrected chi connectivity index (χ3v) is 5.46. The van der Waals surface area contributed by atoms with E-state index in [9.17, 15) is 13.2 Å². The standard InChI is InChI=1S/C19H24N2O5S/c1-14-8-9-18(26-4)19(12-14)27(23,24)20-10-11-21(15(2)22)16-6-5-7-17(13-16)25-3/h5-9,12-13,20H,10-11H2,1-4H3. The van der Waals surface area contributed by atoms with E-state index in [0.717, 1.165) is 5.56 Å². The van der Waals surface area contributed by atoms with Crippen LogP contribution in [0.5, 0.6) is 11.5 Å². The van der Waals surface area contributed by atoms with Crippen molar-refractivity contribution in [1.82, 2.24) is 4.72 Å². The van der Waals surface area contributed by atoms with Gasteiger partial charge in [0.15, 0.2) is 0 Å². The van der Waals surface area contributed by atoms with Crippen molar-refractivity contribution in [3.05, 3.63) is 48.0 Å². The number of carbonyl (C=O) groups is 1. The van der Waals surface area contributed by atoms with E-state index in [4.69, 9.17) is 9.47 Å². The van der Waals surface area contributed by atoms with Gasteiger partial charge in [0.1, 0.15) is 16.4 Å². The first-order chi connectivity index (χ1) is 12.8. The van der Waals surface area contributed by atoms with Gasteiger partial charge in [0.25, 0.3) is 0 Å². The number of nitrogens with one attached hydrogen (secondary N) is 1. The molecule has 2 aromatic carbocycles. The van der Waals surface area contributed by atoms with Gasteiger partial charge in [-0.2, -0.15) is 0 Å². The lowest BCUT2D eigenvalue weighted by molar-refractivity contribution is -0.116. The summed E-state index contributed by atoms with van der Waals surface area (Å²) in [6, 6.07) is 12.0. The van der Waals surface area contributed by atoms with Crippen LogP contribution in [0.25, 0.3) is 0 Å². The molecule has 0 unspecified atom stereocenters. The van der Waals surface area contributed by atoms with Crippen LogP contribution in [-0.4, -0.2) is 41.6 Å². The van der Waals surface area contributed by atoms with Crippen LogP contribution in [0.15, 0.2) is 47.4 Å². The van der Waals surface area contributed by atoms with Crippen LogP contribution in [0, 0.1) is 6.92 Å². The van der Waals surface area contributed by atoms with E-state index in [0.29, 0.717) is 11.4 Å². The summed E-state index contributed by atoms with van der Waals surface area (Å²) >= 11 is 0. The maximum Gasteiger partial charge on any atom is 0.244 e. The van der Waals surface area contributed by atoms with Crippen LogP contribution in [0.1, 0.15) is 12.5 Å². The van der Waals surface area contributed by atoms with Crippen molar-refractivity contribution in [3.63, 3.8) is 0 Å². The Morgan fingerprint density at radius 1 is 1.11 bits per heavy atom. The molecule has 7 nitrogen and oxygen atoms in total. The van der Waals surface area contributed by atoms with E-state index < -0.39 is 10.0 Å². The van der Waals surface area contributed by atoms with Crippen LogP contribution in [0.3, 0.4) is 0 Å². The third kappa shape index (κ3) is 5.21. The number of hydrogen-bond acceptors (Lipinski definition) is 5. The molecule has 0 saturated carbocycles. The minimum atomic E-state index is -3.78. The average molecular weight is 392 g/mol. The van der Waals surface area contributed by atoms with Crippen molar-refractivity contribution in [3.8, 4) is 11.5 Å². The molecule has 0 saturated heterocycles. The number of anilines is 1. The fourth-order valence-corrected chi connectivity index (χ4v) is 3.88. The van der Waals surface area contributed by atoms with Crippen molar-refractivity contribution in [2.24, 2.45) is 0 Å². The summed E-state index contributed by atoms with van der Waals surface area (Å²) in [4.78, 5) is 13.6. The highest BCUT2D eigenvalue weighted by Crippen LogP contribution is 2.25. The van der Waals surface area contributed by atoms with E-state index in [2.05, 4.69) is 4.72 Å². The number of hydrogen-bond donors (Lipinski definition) is 1. The highest BCUT2D eigenvalue weighted by Gasteiger charge is 2.20. The molecule has 0 spiro atoms. The molecular weight excluding hydrogens is 368 g/mol. The van der Waals surface area contributed by atoms with Gasteiger partial charge in [-0.15, -0.1) is 0 Å². The summed E-state index contributed by atoms with van der Waals surface area (Å²) in [5.41, 5.74) is 1.44. The van der Waals surface area contributed by atoms with E-state index in [1.54, 1.807) is 56.5 Å². The zero-order valence-electron chi connectivity index (χ0n) is 15.9. The fraction of sp³-hybridized carbons (Fsp3) is 0.316. The van der Waals surface area contributed by atoms with Gasteiger partial charge in [-0.3, -0.25) is 4.79 Å². The highest BCUT2D eigenvalue weighted by molar-refractivity contribution is 7.89. The number of benzene rings is 2. The molecule has 1 N–H and O–H groups in total. The number of aryl methyl sites for hydroxylation is 1. The third-order valence-electron chi connectivity index (χ3n) is 3.98. The zero-order valence-corrected chi connectivity index (χ0v) is 16.7. The highest BCUT2D eigenvalue weighted by atomic mass is 32.2. The lowest BCUT2D eigenvalue weighted by atomic mass is 10.2. The van der Waals surface area contributed by atoms with Crippen LogP contribution in [0.4, 0.5) is 5.69 Å². The quantitative estimate of drug-likeness (QED) is 0.745. The number of carbonyl (C=O) groups excluding carboxylic acids is 1. The average Bonchev–Trinajstić information content (AvgIpc) is 2.65. The van der Waals surface area contributed by atoms with E-state index >= 15 is 0 Å². The largest absolute Gasteiger partial charge is 0.497 e. The van der Waals surface area contributed by atoms with Crippen molar-refractivity contribution in [2.75, 3.05) is 32.2 Å². The van der Waals surface area contributed by atoms with E-state index in [1.807, 2.05) is 0 Å². The molecule has 0 radical (unpaired) electrons. The molecule has 2 aromatic rings. The number of rotatable bonds is 8. The second-order valence-corrected chi connectivity index (χ2v) is 7.66. The minimum Gasteiger partial charge on any atom is -0.497 e. The maximum atomic E-state index is 12.6. The summed E-state index contributed by atoms with van der Waals surface area (Å²) in [5, 5.41) is 0. The van der Waals surface area contributed by atoms with Crippen molar-refractivity contribution >= 4 is 21.6 Å². The molecule has 0 atom stereocenters. The Morgan fingerprint density at radius 3 is 2.48 bits per heavy atom. The van der Waals surface area contributed by atoms with Gasteiger partial charge in [-0.25, -0.2) is 13.1 Å². The first-order valence-electron chi connectivity index (χ1n) is 8.35. The Balaban J connectivity index is 2.14. The number of sulfonamides is 1. The summed E-state index contributed by atoms with van der Waals surface area (Å²) in [7, 11) is -0.817. The Morgan fingerprint density at radius 2 is 1.85 bits per heavy atom. The lowest BCUT2D eigenvalue weighted by Crippen LogP contribution is -2.37. The van der Waals surface area contributed by atoms with Gasteiger partial charge in [0.05, 0.1) is 14.2 Å². The lowest BCUT2D eigenvalue weighted by Gasteiger charge is -2.22. The number of methoxy groups -OCH3 is 2. The first-order valence-corrected chi connectivity index (χ1v) is 9.83. The van der Waals surface area contributed by atoms with Gasteiger partial charge >= 0.3 is 0 Å². The molecule has 8 heteroatoms. The van der Waals surface area contributed by atoms with Gasteiger partial charge in [0.2, 0.25) is 15.9 Å². The molecule has 0 aliphatic rings. The Bertz CT molecular complexity index is 912. The summed E-state index contributed by atoms with van der Waals surface area (Å²) in [6.45, 7) is 3.46. The second kappa shape index (κ2) is 8.88. The molecule has 0 bridgehead atoms. The monoisotopic (exact) mass is 392 g/mol. The van der Waals surface area contributed by atoms with Gasteiger partial charge in [0, 0.05) is 31.8 Å². The molecular formula is C19H24N2O5S. The van der Waals surface area contributed by atoms with Gasteiger partial charge in [-0.05, 0) is 36.8 Å². The maximum absolute atomic E-state index is 12.6. The Hall–Kier alpha value is -2.58. The zero-order chi connectivity index (χ0) is 20.0. The predicted molar refractivity (Wildman–Crippen MR) is 104 cm³/mol. The van der Waals surface area contributed by atoms with E-state index in [-0.39, 0.29) is 29.6 Å². The van der Waals surface area contributed by atoms with Crippen molar-refractivity contribution in [2.45, 2.75) is 18.7 Å². The molecule has 0 aromatic heterocycles. The molecule has 2 rings (SSSR count). The minimum absolute atomic E-state index is 0.0518. The summed E-state index contributed by atoms with van der Waals surface area (Å²) in [6.07, 6.45) is 0. The summed E-state index contributed by atoms with van der Waals surface area (Å²) in [5.74, 6) is 0.684.